The molecule has 30 heavy (non-hydrogen) atoms. The fourth-order valence-corrected chi connectivity index (χ4v) is 2.92. The first-order valence-corrected chi connectivity index (χ1v) is 9.76. The normalized spacial score (nSPS) is 12.2. The van der Waals surface area contributed by atoms with Gasteiger partial charge >= 0.3 is 0 Å². The summed E-state index contributed by atoms with van der Waals surface area (Å²) in [4.78, 5) is 19.1. The third-order valence-corrected chi connectivity index (χ3v) is 4.97. The van der Waals surface area contributed by atoms with Crippen molar-refractivity contribution in [2.45, 2.75) is 39.0 Å². The number of carbonyl (C=O) groups is 1. The number of ether oxygens (including phenoxy) is 1. The van der Waals surface area contributed by atoms with Crippen LogP contribution in [-0.4, -0.2) is 56.2 Å². The Morgan fingerprint density at radius 2 is 1.80 bits per heavy atom. The summed E-state index contributed by atoms with van der Waals surface area (Å²) in [6.45, 7) is 4.78. The lowest BCUT2D eigenvalue weighted by molar-refractivity contribution is -0.122. The van der Waals surface area contributed by atoms with Gasteiger partial charge in [0.1, 0.15) is 12.3 Å². The average Bonchev–Trinajstić information content (AvgIpc) is 3.19. The minimum absolute atomic E-state index is 0.0337. The second kappa shape index (κ2) is 9.93. The van der Waals surface area contributed by atoms with Crippen molar-refractivity contribution in [3.8, 4) is 5.75 Å². The molecule has 0 saturated heterocycles. The van der Waals surface area contributed by atoms with Gasteiger partial charge in [-0.1, -0.05) is 12.1 Å². The van der Waals surface area contributed by atoms with E-state index < -0.39 is 0 Å². The molecule has 1 atom stereocenters. The van der Waals surface area contributed by atoms with Gasteiger partial charge in [0, 0.05) is 18.4 Å². The zero-order chi connectivity index (χ0) is 21.5. The Balaban J connectivity index is 1.77. The van der Waals surface area contributed by atoms with Gasteiger partial charge in [-0.15, -0.1) is 5.10 Å². The van der Waals surface area contributed by atoms with E-state index in [4.69, 9.17) is 4.74 Å². The van der Waals surface area contributed by atoms with Crippen molar-refractivity contribution in [1.29, 1.82) is 0 Å². The van der Waals surface area contributed by atoms with Gasteiger partial charge in [0.05, 0.1) is 19.7 Å². The number of rotatable bonds is 9. The fraction of sp³-hybridized carbons (Fsp3) is 0.381. The number of benzene rings is 1. The number of hydrogen-bond donors (Lipinski definition) is 1. The van der Waals surface area contributed by atoms with Crippen LogP contribution < -0.4 is 10.1 Å². The van der Waals surface area contributed by atoms with Gasteiger partial charge in [-0.05, 0) is 66.7 Å². The van der Waals surface area contributed by atoms with E-state index in [0.717, 1.165) is 16.9 Å². The van der Waals surface area contributed by atoms with Crippen LogP contribution in [0.2, 0.25) is 0 Å². The van der Waals surface area contributed by atoms with Crippen LogP contribution in [0.15, 0.2) is 48.8 Å². The third-order valence-electron chi connectivity index (χ3n) is 4.97. The van der Waals surface area contributed by atoms with Gasteiger partial charge in [-0.3, -0.25) is 14.7 Å². The van der Waals surface area contributed by atoms with Gasteiger partial charge in [0.15, 0.2) is 5.82 Å². The van der Waals surface area contributed by atoms with Crippen molar-refractivity contribution in [3.63, 3.8) is 0 Å². The van der Waals surface area contributed by atoms with Crippen molar-refractivity contribution in [2.75, 3.05) is 14.2 Å². The Morgan fingerprint density at radius 1 is 1.13 bits per heavy atom. The van der Waals surface area contributed by atoms with E-state index in [-0.39, 0.29) is 18.5 Å². The molecule has 9 heteroatoms. The van der Waals surface area contributed by atoms with Crippen molar-refractivity contribution < 1.29 is 9.53 Å². The summed E-state index contributed by atoms with van der Waals surface area (Å²) in [7, 11) is 3.62. The van der Waals surface area contributed by atoms with E-state index in [0.29, 0.717) is 18.4 Å². The predicted octanol–water partition coefficient (Wildman–Crippen LogP) is 1.82. The molecule has 1 aromatic carbocycles. The van der Waals surface area contributed by atoms with E-state index >= 15 is 0 Å². The van der Waals surface area contributed by atoms with E-state index in [9.17, 15) is 4.79 Å². The molecule has 3 rings (SSSR count). The minimum atomic E-state index is -0.329. The zero-order valence-corrected chi connectivity index (χ0v) is 17.7. The largest absolute Gasteiger partial charge is 0.497 e. The summed E-state index contributed by atoms with van der Waals surface area (Å²) in [5.74, 6) is 1.21. The summed E-state index contributed by atoms with van der Waals surface area (Å²) < 4.78 is 6.77. The second-order valence-corrected chi connectivity index (χ2v) is 7.32. The van der Waals surface area contributed by atoms with E-state index in [1.54, 1.807) is 19.5 Å². The highest BCUT2D eigenvalue weighted by Crippen LogP contribution is 2.24. The lowest BCUT2D eigenvalue weighted by atomic mass is 9.99. The highest BCUT2D eigenvalue weighted by atomic mass is 16.5. The topological polar surface area (TPSA) is 98.1 Å². The number of nitrogens with one attached hydrogen (secondary N) is 1. The summed E-state index contributed by atoms with van der Waals surface area (Å²) in [5, 5.41) is 14.9. The Labute approximate surface area is 176 Å². The Bertz CT molecular complexity index is 942. The van der Waals surface area contributed by atoms with Crippen LogP contribution in [0, 0.1) is 0 Å². The van der Waals surface area contributed by atoms with Crippen LogP contribution in [0.1, 0.15) is 36.8 Å². The van der Waals surface area contributed by atoms with Gasteiger partial charge in [0.2, 0.25) is 5.91 Å². The minimum Gasteiger partial charge on any atom is -0.497 e. The molecule has 3 aromatic rings. The molecule has 0 radical (unpaired) electrons. The molecular weight excluding hydrogens is 382 g/mol. The number of nitrogens with zero attached hydrogens (tertiary/aromatic N) is 6. The zero-order valence-electron chi connectivity index (χ0n) is 17.7. The maximum Gasteiger partial charge on any atom is 0.242 e. The van der Waals surface area contributed by atoms with Crippen LogP contribution in [0.4, 0.5) is 0 Å². The molecule has 0 aliphatic carbocycles. The fourth-order valence-electron chi connectivity index (χ4n) is 2.92. The average molecular weight is 409 g/mol. The van der Waals surface area contributed by atoms with Gasteiger partial charge in [-0.25, -0.2) is 4.68 Å². The maximum absolute atomic E-state index is 12.9. The molecule has 0 aliphatic heterocycles. The van der Waals surface area contributed by atoms with Crippen LogP contribution >= 0.6 is 0 Å². The first-order chi connectivity index (χ1) is 14.5. The Hall–Kier alpha value is -3.33. The molecule has 0 aliphatic rings. The van der Waals surface area contributed by atoms with Crippen LogP contribution in [0.5, 0.6) is 5.75 Å². The summed E-state index contributed by atoms with van der Waals surface area (Å²) in [6.07, 6.45) is 3.42. The number of aromatic nitrogens is 5. The number of amides is 1. The molecule has 0 spiro atoms. The lowest BCUT2D eigenvalue weighted by Gasteiger charge is -2.21. The second-order valence-electron chi connectivity index (χ2n) is 7.32. The van der Waals surface area contributed by atoms with Gasteiger partial charge < -0.3 is 10.1 Å². The molecule has 9 nitrogen and oxygen atoms in total. The highest BCUT2D eigenvalue weighted by molar-refractivity contribution is 5.76. The molecule has 2 heterocycles. The smallest absolute Gasteiger partial charge is 0.242 e. The van der Waals surface area contributed by atoms with Crippen LogP contribution in [0.25, 0.3) is 0 Å². The molecular formula is C21H27N7O2. The van der Waals surface area contributed by atoms with Gasteiger partial charge in [0.25, 0.3) is 0 Å². The maximum atomic E-state index is 12.9. The number of methoxy groups -OCH3 is 1. The summed E-state index contributed by atoms with van der Waals surface area (Å²) in [5.41, 5.74) is 1.87. The van der Waals surface area contributed by atoms with Crippen molar-refractivity contribution in [2.24, 2.45) is 0 Å². The summed E-state index contributed by atoms with van der Waals surface area (Å²) in [6, 6.07) is 11.4. The Kier molecular flexibility index (Phi) is 7.08. The van der Waals surface area contributed by atoms with Crippen molar-refractivity contribution in [3.05, 3.63) is 65.7 Å². The third kappa shape index (κ3) is 5.38. The molecule has 0 fully saturated rings. The molecule has 158 valence electrons. The molecule has 2 aromatic heterocycles. The molecule has 0 saturated carbocycles. The molecule has 0 unspecified atom stereocenters. The monoisotopic (exact) mass is 409 g/mol. The van der Waals surface area contributed by atoms with Gasteiger partial charge in [-0.2, -0.15) is 0 Å². The number of carbonyl (C=O) groups excluding carboxylic acids is 1. The standard InChI is InChI=1S/C21H27N7O2/c1-15(2)27(3)13-19-24-25-26-28(19)14-20(29)23-21(17-9-11-22-12-10-17)16-5-7-18(30-4)8-6-16/h5-12,15,21H,13-14H2,1-4H3,(H,23,29)/t21-/m0/s1. The number of pyridine rings is 1. The SMILES string of the molecule is COc1ccc([C@H](NC(=O)Cn2nnnc2CN(C)C(C)C)c2ccncc2)cc1. The first-order valence-electron chi connectivity index (χ1n) is 9.76. The predicted molar refractivity (Wildman–Crippen MR) is 112 cm³/mol. The lowest BCUT2D eigenvalue weighted by Crippen LogP contribution is -2.34. The molecule has 0 bridgehead atoms. The van der Waals surface area contributed by atoms with E-state index in [1.165, 1.54) is 4.68 Å². The van der Waals surface area contributed by atoms with E-state index in [2.05, 4.69) is 44.6 Å². The van der Waals surface area contributed by atoms with Crippen molar-refractivity contribution in [1.82, 2.24) is 35.4 Å². The van der Waals surface area contributed by atoms with Crippen LogP contribution in [-0.2, 0) is 17.9 Å². The van der Waals surface area contributed by atoms with E-state index in [1.807, 2.05) is 43.4 Å². The first kappa shape index (κ1) is 21.4. The molecule has 1 amide bonds. The highest BCUT2D eigenvalue weighted by Gasteiger charge is 2.19. The van der Waals surface area contributed by atoms with Crippen LogP contribution in [0.3, 0.4) is 0 Å². The summed E-state index contributed by atoms with van der Waals surface area (Å²) >= 11 is 0. The van der Waals surface area contributed by atoms with Crippen molar-refractivity contribution >= 4 is 5.91 Å². The quantitative estimate of drug-likeness (QED) is 0.576. The number of tetrazole rings is 1. The molecule has 1 N–H and O–H groups in total. The number of hydrogen-bond acceptors (Lipinski definition) is 7. The Morgan fingerprint density at radius 3 is 2.43 bits per heavy atom.